The minimum absolute atomic E-state index is 0.0693. The van der Waals surface area contributed by atoms with Crippen molar-refractivity contribution in [3.05, 3.63) is 10.1 Å². The Balaban J connectivity index is 1.96. The number of nitrogens with two attached hydrogens (primary N) is 1. The van der Waals surface area contributed by atoms with Crippen LogP contribution in [0.1, 0.15) is 19.8 Å². The second-order valence-electron chi connectivity index (χ2n) is 6.11. The van der Waals surface area contributed by atoms with Crippen LogP contribution in [0.2, 0.25) is 0 Å². The van der Waals surface area contributed by atoms with E-state index in [0.29, 0.717) is 44.0 Å². The molecule has 3 heterocycles. The summed E-state index contributed by atoms with van der Waals surface area (Å²) < 4.78 is 5.32. The van der Waals surface area contributed by atoms with Crippen LogP contribution in [0.5, 0.6) is 0 Å². The van der Waals surface area contributed by atoms with Crippen LogP contribution in [-0.2, 0) is 4.74 Å². The molecule has 0 atom stereocenters. The van der Waals surface area contributed by atoms with E-state index in [1.807, 2.05) is 9.80 Å². The molecule has 0 bridgehead atoms. The monoisotopic (exact) mass is 322 g/mol. The first-order chi connectivity index (χ1) is 11.1. The van der Waals surface area contributed by atoms with Crippen LogP contribution < -0.4 is 15.5 Å². The van der Waals surface area contributed by atoms with E-state index in [9.17, 15) is 10.1 Å². The average molecular weight is 322 g/mol. The minimum atomic E-state index is -0.480. The maximum atomic E-state index is 11.4. The summed E-state index contributed by atoms with van der Waals surface area (Å²) in [7, 11) is 0. The maximum absolute atomic E-state index is 11.4. The molecule has 2 saturated heterocycles. The third-order valence-electron chi connectivity index (χ3n) is 4.44. The van der Waals surface area contributed by atoms with Gasteiger partial charge < -0.3 is 20.3 Å². The van der Waals surface area contributed by atoms with Crippen molar-refractivity contribution in [2.45, 2.75) is 19.8 Å². The molecule has 0 aromatic carbocycles. The number of morpholine rings is 1. The van der Waals surface area contributed by atoms with E-state index >= 15 is 0 Å². The molecule has 0 unspecified atom stereocenters. The minimum Gasteiger partial charge on any atom is -0.378 e. The molecule has 9 heteroatoms. The van der Waals surface area contributed by atoms with Crippen LogP contribution in [0, 0.1) is 16.0 Å². The smallest absolute Gasteiger partial charge is 0.353 e. The molecule has 2 fully saturated rings. The van der Waals surface area contributed by atoms with Crippen molar-refractivity contribution in [2.75, 3.05) is 54.9 Å². The van der Waals surface area contributed by atoms with Crippen molar-refractivity contribution < 1.29 is 9.66 Å². The highest BCUT2D eigenvalue weighted by atomic mass is 16.6. The molecule has 0 saturated carbocycles. The normalized spacial score (nSPS) is 19.9. The van der Waals surface area contributed by atoms with E-state index in [4.69, 9.17) is 10.5 Å². The van der Waals surface area contributed by atoms with Gasteiger partial charge in [0.25, 0.3) is 0 Å². The molecule has 126 valence electrons. The van der Waals surface area contributed by atoms with Crippen LogP contribution in [0.3, 0.4) is 0 Å². The Hall–Kier alpha value is -2.16. The fraction of sp³-hybridized carbons (Fsp3) is 0.714. The molecule has 2 aliphatic heterocycles. The molecule has 9 nitrogen and oxygen atoms in total. The summed E-state index contributed by atoms with van der Waals surface area (Å²) >= 11 is 0. The lowest BCUT2D eigenvalue weighted by atomic mass is 9.99. The van der Waals surface area contributed by atoms with Crippen LogP contribution in [0.4, 0.5) is 23.3 Å². The Morgan fingerprint density at radius 3 is 2.43 bits per heavy atom. The molecular weight excluding hydrogens is 300 g/mol. The summed E-state index contributed by atoms with van der Waals surface area (Å²) in [5, 5.41) is 11.4. The number of aromatic nitrogens is 2. The Kier molecular flexibility index (Phi) is 4.46. The van der Waals surface area contributed by atoms with Gasteiger partial charge in [-0.15, -0.1) is 0 Å². The zero-order valence-corrected chi connectivity index (χ0v) is 13.3. The number of rotatable bonds is 3. The lowest BCUT2D eigenvalue weighted by Gasteiger charge is -2.32. The Morgan fingerprint density at radius 1 is 1.17 bits per heavy atom. The summed E-state index contributed by atoms with van der Waals surface area (Å²) in [6.45, 7) is 6.20. The fourth-order valence-corrected chi connectivity index (χ4v) is 2.97. The molecule has 23 heavy (non-hydrogen) atoms. The number of anilines is 3. The number of nitrogen functional groups attached to an aromatic ring is 1. The van der Waals surface area contributed by atoms with E-state index in [-0.39, 0.29) is 11.5 Å². The van der Waals surface area contributed by atoms with Gasteiger partial charge in [-0.1, -0.05) is 6.92 Å². The van der Waals surface area contributed by atoms with Gasteiger partial charge in [0.15, 0.2) is 0 Å². The predicted octanol–water partition coefficient (Wildman–Crippen LogP) is 1.04. The van der Waals surface area contributed by atoms with E-state index in [0.717, 1.165) is 25.9 Å². The first-order valence-electron chi connectivity index (χ1n) is 7.96. The second kappa shape index (κ2) is 6.53. The first kappa shape index (κ1) is 15.7. The molecule has 0 radical (unpaired) electrons. The molecule has 0 aliphatic carbocycles. The average Bonchev–Trinajstić information content (AvgIpc) is 2.55. The SMILES string of the molecule is CC1CCN(c2nc(N3CCOCC3)nc(N)c2[N+](=O)[O-])CC1. The van der Waals surface area contributed by atoms with E-state index < -0.39 is 4.92 Å². The van der Waals surface area contributed by atoms with Crippen LogP contribution in [0.25, 0.3) is 0 Å². The zero-order chi connectivity index (χ0) is 16.4. The molecule has 1 aromatic rings. The van der Waals surface area contributed by atoms with E-state index in [2.05, 4.69) is 16.9 Å². The lowest BCUT2D eigenvalue weighted by molar-refractivity contribution is -0.383. The highest BCUT2D eigenvalue weighted by Gasteiger charge is 2.30. The van der Waals surface area contributed by atoms with Crippen molar-refractivity contribution in [2.24, 2.45) is 5.92 Å². The number of nitro groups is 1. The number of hydrogen-bond acceptors (Lipinski definition) is 8. The maximum Gasteiger partial charge on any atom is 0.353 e. The van der Waals surface area contributed by atoms with Gasteiger partial charge in [0.2, 0.25) is 17.6 Å². The van der Waals surface area contributed by atoms with Crippen molar-refractivity contribution in [1.29, 1.82) is 0 Å². The third kappa shape index (κ3) is 3.29. The van der Waals surface area contributed by atoms with Crippen LogP contribution in [-0.4, -0.2) is 54.3 Å². The van der Waals surface area contributed by atoms with E-state index in [1.165, 1.54) is 0 Å². The summed E-state index contributed by atoms with van der Waals surface area (Å²) in [5.74, 6) is 1.35. The van der Waals surface area contributed by atoms with Gasteiger partial charge in [0, 0.05) is 26.2 Å². The molecule has 2 N–H and O–H groups in total. The topological polar surface area (TPSA) is 111 Å². The van der Waals surface area contributed by atoms with Crippen molar-refractivity contribution in [3.8, 4) is 0 Å². The molecule has 2 aliphatic rings. The number of hydrogen-bond donors (Lipinski definition) is 1. The summed E-state index contributed by atoms with van der Waals surface area (Å²) in [6.07, 6.45) is 1.99. The summed E-state index contributed by atoms with van der Waals surface area (Å²) in [6, 6.07) is 0. The van der Waals surface area contributed by atoms with Crippen molar-refractivity contribution in [3.63, 3.8) is 0 Å². The fourth-order valence-electron chi connectivity index (χ4n) is 2.97. The van der Waals surface area contributed by atoms with Gasteiger partial charge >= 0.3 is 5.69 Å². The Morgan fingerprint density at radius 2 is 1.83 bits per heavy atom. The van der Waals surface area contributed by atoms with Gasteiger partial charge in [-0.3, -0.25) is 10.1 Å². The summed E-state index contributed by atoms with van der Waals surface area (Å²) in [5.41, 5.74) is 5.70. The van der Waals surface area contributed by atoms with Gasteiger partial charge in [0.1, 0.15) is 0 Å². The zero-order valence-electron chi connectivity index (χ0n) is 13.3. The molecule has 0 spiro atoms. The Bertz CT molecular complexity index is 582. The van der Waals surface area contributed by atoms with Crippen molar-refractivity contribution >= 4 is 23.3 Å². The quantitative estimate of drug-likeness (QED) is 0.649. The largest absolute Gasteiger partial charge is 0.378 e. The first-order valence-corrected chi connectivity index (χ1v) is 7.96. The second-order valence-corrected chi connectivity index (χ2v) is 6.11. The van der Waals surface area contributed by atoms with Crippen molar-refractivity contribution in [1.82, 2.24) is 9.97 Å². The molecule has 0 amide bonds. The lowest BCUT2D eigenvalue weighted by Crippen LogP contribution is -2.39. The predicted molar refractivity (Wildman–Crippen MR) is 86.7 cm³/mol. The highest BCUT2D eigenvalue weighted by Crippen LogP contribution is 2.35. The molecular formula is C14H22N6O3. The van der Waals surface area contributed by atoms with E-state index in [1.54, 1.807) is 0 Å². The summed E-state index contributed by atoms with van der Waals surface area (Å²) in [4.78, 5) is 23.5. The third-order valence-corrected chi connectivity index (χ3v) is 4.44. The molecule has 1 aromatic heterocycles. The van der Waals surface area contributed by atoms with Crippen LogP contribution in [0.15, 0.2) is 0 Å². The number of nitrogens with zero attached hydrogens (tertiary/aromatic N) is 5. The molecule has 3 rings (SSSR count). The number of ether oxygens (including phenoxy) is 1. The van der Waals surface area contributed by atoms with Gasteiger partial charge in [-0.25, -0.2) is 0 Å². The Labute approximate surface area is 134 Å². The standard InChI is InChI=1S/C14H22N6O3/c1-10-2-4-18(5-3-10)13-11(20(21)22)12(15)16-14(17-13)19-6-8-23-9-7-19/h10H,2-9H2,1H3,(H2,15,16,17). The van der Waals surface area contributed by atoms with Crippen LogP contribution >= 0.6 is 0 Å². The van der Waals surface area contributed by atoms with Gasteiger partial charge in [-0.05, 0) is 18.8 Å². The van der Waals surface area contributed by atoms with Gasteiger partial charge in [0.05, 0.1) is 18.1 Å². The number of piperidine rings is 1. The van der Waals surface area contributed by atoms with Gasteiger partial charge in [-0.2, -0.15) is 9.97 Å². The highest BCUT2D eigenvalue weighted by molar-refractivity contribution is 5.71.